The first-order valence-electron chi connectivity index (χ1n) is 10.00. The molecule has 1 aliphatic heterocycles. The van der Waals surface area contributed by atoms with E-state index < -0.39 is 0 Å². The normalized spacial score (nSPS) is 14.9. The first-order valence-corrected chi connectivity index (χ1v) is 11.2. The molecule has 0 spiro atoms. The molecule has 0 N–H and O–H groups in total. The fraction of sp³-hybridized carbons (Fsp3) is 0.250. The number of benzene rings is 2. The second-order valence-corrected chi connectivity index (χ2v) is 8.20. The minimum absolute atomic E-state index is 0.252. The van der Waals surface area contributed by atoms with Crippen LogP contribution in [0.3, 0.4) is 0 Å². The highest BCUT2D eigenvalue weighted by Crippen LogP contribution is 2.37. The summed E-state index contributed by atoms with van der Waals surface area (Å²) < 4.78 is 12.0. The fourth-order valence-electron chi connectivity index (χ4n) is 3.16. The average Bonchev–Trinajstić information content (AvgIpc) is 3.01. The molecule has 2 amide bonds. The van der Waals surface area contributed by atoms with E-state index in [2.05, 4.69) is 6.58 Å². The van der Waals surface area contributed by atoms with Crippen molar-refractivity contribution in [2.45, 2.75) is 26.9 Å². The van der Waals surface area contributed by atoms with Crippen LogP contribution in [-0.4, -0.2) is 29.2 Å². The van der Waals surface area contributed by atoms with Gasteiger partial charge < -0.3 is 9.47 Å². The number of rotatable bonds is 9. The molecule has 0 radical (unpaired) electrons. The molecule has 1 aliphatic rings. The SMILES string of the molecule is C=CCc1cc(/C=C2/SC(=O)N(CC)C2=O)cc(OCC)c1OCc1ccc(Cl)cc1. The topological polar surface area (TPSA) is 55.8 Å². The van der Waals surface area contributed by atoms with Gasteiger partial charge in [-0.05, 0) is 73.5 Å². The minimum Gasteiger partial charge on any atom is -0.490 e. The quantitative estimate of drug-likeness (QED) is 0.336. The number of hydrogen-bond donors (Lipinski definition) is 0. The molecule has 2 aromatic rings. The number of imide groups is 1. The Morgan fingerprint density at radius 3 is 2.48 bits per heavy atom. The largest absolute Gasteiger partial charge is 0.490 e. The van der Waals surface area contributed by atoms with Gasteiger partial charge in [0.05, 0.1) is 11.5 Å². The van der Waals surface area contributed by atoms with Crippen LogP contribution in [0.15, 0.2) is 54.0 Å². The number of nitrogens with zero attached hydrogens (tertiary/aromatic N) is 1. The van der Waals surface area contributed by atoms with Gasteiger partial charge in [-0.1, -0.05) is 29.8 Å². The summed E-state index contributed by atoms with van der Waals surface area (Å²) in [6.07, 6.45) is 4.07. The summed E-state index contributed by atoms with van der Waals surface area (Å²) in [6.45, 7) is 8.69. The van der Waals surface area contributed by atoms with Crippen LogP contribution in [0.1, 0.15) is 30.5 Å². The molecule has 162 valence electrons. The third-order valence-electron chi connectivity index (χ3n) is 4.60. The highest BCUT2D eigenvalue weighted by Gasteiger charge is 2.33. The summed E-state index contributed by atoms with van der Waals surface area (Å²) in [5, 5.41) is 0.418. The van der Waals surface area contributed by atoms with Gasteiger partial charge in [-0.15, -0.1) is 6.58 Å². The van der Waals surface area contributed by atoms with E-state index in [1.54, 1.807) is 19.1 Å². The molecule has 0 saturated carbocycles. The Labute approximate surface area is 191 Å². The van der Waals surface area contributed by atoms with Crippen molar-refractivity contribution in [1.82, 2.24) is 4.90 Å². The zero-order valence-electron chi connectivity index (χ0n) is 17.5. The Hall–Kier alpha value is -2.70. The molecule has 31 heavy (non-hydrogen) atoms. The highest BCUT2D eigenvalue weighted by molar-refractivity contribution is 8.18. The third-order valence-corrected chi connectivity index (χ3v) is 5.76. The maximum atomic E-state index is 12.5. The van der Waals surface area contributed by atoms with Gasteiger partial charge in [0.15, 0.2) is 11.5 Å². The lowest BCUT2D eigenvalue weighted by Crippen LogP contribution is -2.27. The molecule has 5 nitrogen and oxygen atoms in total. The Morgan fingerprint density at radius 2 is 1.87 bits per heavy atom. The minimum atomic E-state index is -0.274. The van der Waals surface area contributed by atoms with Gasteiger partial charge in [0.25, 0.3) is 11.1 Å². The maximum Gasteiger partial charge on any atom is 0.293 e. The monoisotopic (exact) mass is 457 g/mol. The number of hydrogen-bond acceptors (Lipinski definition) is 5. The van der Waals surface area contributed by atoms with Gasteiger partial charge in [0.1, 0.15) is 6.61 Å². The molecule has 7 heteroatoms. The maximum absolute atomic E-state index is 12.5. The van der Waals surface area contributed by atoms with Crippen LogP contribution in [0, 0.1) is 0 Å². The van der Waals surface area contributed by atoms with E-state index in [0.717, 1.165) is 28.5 Å². The van der Waals surface area contributed by atoms with Gasteiger partial charge in [-0.25, -0.2) is 0 Å². The molecular formula is C24H24ClNO4S. The lowest BCUT2D eigenvalue weighted by atomic mass is 10.0. The molecule has 0 bridgehead atoms. The number of halogens is 1. The summed E-state index contributed by atoms with van der Waals surface area (Å²) in [5.74, 6) is 0.941. The first-order chi connectivity index (χ1) is 15.0. The molecule has 0 aromatic heterocycles. The zero-order valence-corrected chi connectivity index (χ0v) is 19.1. The molecule has 0 aliphatic carbocycles. The van der Waals surface area contributed by atoms with E-state index in [-0.39, 0.29) is 11.1 Å². The van der Waals surface area contributed by atoms with E-state index in [1.807, 2.05) is 43.3 Å². The lowest BCUT2D eigenvalue weighted by Gasteiger charge is -2.17. The molecule has 3 rings (SSSR count). The summed E-state index contributed by atoms with van der Waals surface area (Å²) in [6, 6.07) is 11.2. The number of carbonyl (C=O) groups excluding carboxylic acids is 2. The molecule has 0 atom stereocenters. The van der Waals surface area contributed by atoms with Crippen LogP contribution in [-0.2, 0) is 17.8 Å². The van der Waals surface area contributed by atoms with Gasteiger partial charge in [-0.3, -0.25) is 14.5 Å². The Bertz CT molecular complexity index is 1020. The van der Waals surface area contributed by atoms with Crippen molar-refractivity contribution in [1.29, 1.82) is 0 Å². The van der Waals surface area contributed by atoms with E-state index in [4.69, 9.17) is 21.1 Å². The van der Waals surface area contributed by atoms with Crippen molar-refractivity contribution in [3.05, 3.63) is 75.7 Å². The molecule has 1 saturated heterocycles. The van der Waals surface area contributed by atoms with Gasteiger partial charge in [0.2, 0.25) is 0 Å². The van der Waals surface area contributed by atoms with E-state index in [1.165, 1.54) is 4.90 Å². The summed E-state index contributed by atoms with van der Waals surface area (Å²) >= 11 is 6.91. The molecule has 0 unspecified atom stereocenters. The fourth-order valence-corrected chi connectivity index (χ4v) is 4.19. The summed E-state index contributed by atoms with van der Waals surface area (Å²) in [5.41, 5.74) is 2.63. The van der Waals surface area contributed by atoms with Crippen LogP contribution >= 0.6 is 23.4 Å². The number of carbonyl (C=O) groups is 2. The molecule has 1 fully saturated rings. The van der Waals surface area contributed by atoms with Crippen LogP contribution in [0.25, 0.3) is 6.08 Å². The van der Waals surface area contributed by atoms with Crippen molar-refractivity contribution < 1.29 is 19.1 Å². The number of thioether (sulfide) groups is 1. The highest BCUT2D eigenvalue weighted by atomic mass is 35.5. The van der Waals surface area contributed by atoms with Crippen molar-refractivity contribution in [2.75, 3.05) is 13.2 Å². The van der Waals surface area contributed by atoms with Crippen LogP contribution in [0.5, 0.6) is 11.5 Å². The Morgan fingerprint density at radius 1 is 1.13 bits per heavy atom. The van der Waals surface area contributed by atoms with Gasteiger partial charge >= 0.3 is 0 Å². The van der Waals surface area contributed by atoms with Gasteiger partial charge in [-0.2, -0.15) is 0 Å². The predicted octanol–water partition coefficient (Wildman–Crippen LogP) is 6.10. The van der Waals surface area contributed by atoms with E-state index in [9.17, 15) is 9.59 Å². The van der Waals surface area contributed by atoms with Crippen molar-refractivity contribution in [2.24, 2.45) is 0 Å². The third kappa shape index (κ3) is 5.51. The predicted molar refractivity (Wildman–Crippen MR) is 126 cm³/mol. The van der Waals surface area contributed by atoms with Gasteiger partial charge in [0, 0.05) is 17.1 Å². The molecular weight excluding hydrogens is 434 g/mol. The Kier molecular flexibility index (Phi) is 7.82. The van der Waals surface area contributed by atoms with E-state index >= 15 is 0 Å². The lowest BCUT2D eigenvalue weighted by molar-refractivity contribution is -0.122. The van der Waals surface area contributed by atoms with Crippen molar-refractivity contribution >= 4 is 40.6 Å². The van der Waals surface area contributed by atoms with Crippen molar-refractivity contribution in [3.8, 4) is 11.5 Å². The second kappa shape index (κ2) is 10.6. The molecule has 2 aromatic carbocycles. The van der Waals surface area contributed by atoms with Crippen LogP contribution in [0.2, 0.25) is 5.02 Å². The first kappa shape index (κ1) is 23.0. The zero-order chi connectivity index (χ0) is 22.4. The van der Waals surface area contributed by atoms with Crippen LogP contribution < -0.4 is 9.47 Å². The van der Waals surface area contributed by atoms with Crippen molar-refractivity contribution in [3.63, 3.8) is 0 Å². The van der Waals surface area contributed by atoms with Crippen LogP contribution in [0.4, 0.5) is 4.79 Å². The number of allylic oxidation sites excluding steroid dienone is 1. The Balaban J connectivity index is 1.95. The number of likely N-dealkylation sites (N-methyl/N-ethyl adjacent to an activating group) is 1. The second-order valence-electron chi connectivity index (χ2n) is 6.77. The summed E-state index contributed by atoms with van der Waals surface area (Å²) in [4.78, 5) is 26.1. The van der Waals surface area contributed by atoms with E-state index in [0.29, 0.717) is 47.6 Å². The summed E-state index contributed by atoms with van der Waals surface area (Å²) in [7, 11) is 0. The smallest absolute Gasteiger partial charge is 0.293 e. The standard InChI is InChI=1S/C24H24ClNO4S/c1-4-7-18-12-17(14-21-23(27)26(5-2)24(28)31-21)13-20(29-6-3)22(18)30-15-16-8-10-19(25)11-9-16/h4,8-14H,1,5-7,15H2,2-3H3/b21-14+. The average molecular weight is 458 g/mol. The number of ether oxygens (including phenoxy) is 2. The molecule has 1 heterocycles. The number of amides is 2.